The minimum absolute atomic E-state index is 0.157. The summed E-state index contributed by atoms with van der Waals surface area (Å²) in [4.78, 5) is 14.8. The topological polar surface area (TPSA) is 44.4 Å². The Balaban J connectivity index is 1.76. The Morgan fingerprint density at radius 1 is 1.33 bits per heavy atom. The van der Waals surface area contributed by atoms with Gasteiger partial charge in [0.15, 0.2) is 0 Å². The average Bonchev–Trinajstić information content (AvgIpc) is 2.90. The molecule has 0 aliphatic carbocycles. The average molecular weight is 253 g/mol. The minimum atomic E-state index is -0.157. The van der Waals surface area contributed by atoms with Crippen molar-refractivity contribution >= 4 is 5.91 Å². The number of carbonyl (C=O) groups excluding carboxylic acids is 1. The van der Waals surface area contributed by atoms with Crippen LogP contribution in [0.2, 0.25) is 0 Å². The SMILES string of the molecule is CC(CNC(=O)C1(C)CCNCC1)N1CCCC1. The highest BCUT2D eigenvalue weighted by Gasteiger charge is 2.34. The van der Waals surface area contributed by atoms with Gasteiger partial charge in [-0.2, -0.15) is 0 Å². The summed E-state index contributed by atoms with van der Waals surface area (Å²) in [5.74, 6) is 0.245. The van der Waals surface area contributed by atoms with Crippen molar-refractivity contribution in [1.82, 2.24) is 15.5 Å². The Morgan fingerprint density at radius 3 is 2.56 bits per heavy atom. The molecule has 2 heterocycles. The van der Waals surface area contributed by atoms with Crippen LogP contribution in [-0.2, 0) is 4.79 Å². The number of piperidine rings is 1. The van der Waals surface area contributed by atoms with Crippen LogP contribution < -0.4 is 10.6 Å². The van der Waals surface area contributed by atoms with Gasteiger partial charge in [-0.25, -0.2) is 0 Å². The number of hydrogen-bond donors (Lipinski definition) is 2. The van der Waals surface area contributed by atoms with Crippen LogP contribution in [0.1, 0.15) is 39.5 Å². The second-order valence-electron chi connectivity index (χ2n) is 6.11. The van der Waals surface area contributed by atoms with Crippen molar-refractivity contribution in [2.45, 2.75) is 45.6 Å². The molecule has 0 aromatic carbocycles. The number of nitrogens with zero attached hydrogens (tertiary/aromatic N) is 1. The second-order valence-corrected chi connectivity index (χ2v) is 6.11. The maximum atomic E-state index is 12.3. The number of rotatable bonds is 4. The molecular weight excluding hydrogens is 226 g/mol. The van der Waals surface area contributed by atoms with Crippen LogP contribution in [0, 0.1) is 5.41 Å². The quantitative estimate of drug-likeness (QED) is 0.785. The van der Waals surface area contributed by atoms with Crippen LogP contribution in [0.3, 0.4) is 0 Å². The minimum Gasteiger partial charge on any atom is -0.354 e. The van der Waals surface area contributed by atoms with E-state index in [1.807, 2.05) is 0 Å². The van der Waals surface area contributed by atoms with Gasteiger partial charge in [0, 0.05) is 18.0 Å². The summed E-state index contributed by atoms with van der Waals surface area (Å²) in [5.41, 5.74) is -0.157. The molecule has 2 rings (SSSR count). The zero-order chi connectivity index (χ0) is 13.0. The highest BCUT2D eigenvalue weighted by Crippen LogP contribution is 2.27. The first-order chi connectivity index (χ1) is 8.62. The maximum Gasteiger partial charge on any atom is 0.226 e. The molecule has 0 radical (unpaired) electrons. The van der Waals surface area contributed by atoms with Crippen molar-refractivity contribution in [3.05, 3.63) is 0 Å². The van der Waals surface area contributed by atoms with Crippen molar-refractivity contribution in [3.8, 4) is 0 Å². The largest absolute Gasteiger partial charge is 0.354 e. The summed E-state index contributed by atoms with van der Waals surface area (Å²) >= 11 is 0. The second kappa shape index (κ2) is 6.02. The fraction of sp³-hybridized carbons (Fsp3) is 0.929. The molecule has 4 nitrogen and oxygen atoms in total. The van der Waals surface area contributed by atoms with Crippen LogP contribution in [0.15, 0.2) is 0 Å². The number of nitrogens with one attached hydrogen (secondary N) is 2. The molecule has 18 heavy (non-hydrogen) atoms. The van der Waals surface area contributed by atoms with Gasteiger partial charge < -0.3 is 10.6 Å². The van der Waals surface area contributed by atoms with E-state index in [2.05, 4.69) is 29.4 Å². The Bertz CT molecular complexity index is 281. The Morgan fingerprint density at radius 2 is 1.94 bits per heavy atom. The standard InChI is InChI=1S/C14H27N3O/c1-12(17-9-3-4-10-17)11-16-13(18)14(2)5-7-15-8-6-14/h12,15H,3-11H2,1-2H3,(H,16,18). The van der Waals surface area contributed by atoms with Crippen molar-refractivity contribution < 1.29 is 4.79 Å². The Labute approximate surface area is 110 Å². The molecule has 2 aliphatic rings. The van der Waals surface area contributed by atoms with Gasteiger partial charge >= 0.3 is 0 Å². The van der Waals surface area contributed by atoms with Gasteiger partial charge in [0.2, 0.25) is 5.91 Å². The number of amides is 1. The third-order valence-corrected chi connectivity index (χ3v) is 4.58. The van der Waals surface area contributed by atoms with Crippen LogP contribution in [-0.4, -0.2) is 49.6 Å². The van der Waals surface area contributed by atoms with Crippen LogP contribution in [0.4, 0.5) is 0 Å². The molecule has 2 aliphatic heterocycles. The molecule has 1 unspecified atom stereocenters. The Hall–Kier alpha value is -0.610. The van der Waals surface area contributed by atoms with E-state index in [0.29, 0.717) is 6.04 Å². The summed E-state index contributed by atoms with van der Waals surface area (Å²) in [6, 6.07) is 0.474. The molecule has 2 N–H and O–H groups in total. The third kappa shape index (κ3) is 3.23. The molecule has 0 aromatic heterocycles. The molecule has 104 valence electrons. The predicted octanol–water partition coefficient (Wildman–Crippen LogP) is 0.977. The molecule has 0 aromatic rings. The molecule has 2 saturated heterocycles. The molecule has 1 amide bonds. The lowest BCUT2D eigenvalue weighted by atomic mass is 9.80. The van der Waals surface area contributed by atoms with E-state index >= 15 is 0 Å². The van der Waals surface area contributed by atoms with E-state index in [0.717, 1.165) is 32.5 Å². The van der Waals surface area contributed by atoms with Gasteiger partial charge in [-0.1, -0.05) is 6.92 Å². The van der Waals surface area contributed by atoms with Crippen LogP contribution in [0.25, 0.3) is 0 Å². The lowest BCUT2D eigenvalue weighted by Crippen LogP contribution is -2.49. The molecule has 0 saturated carbocycles. The lowest BCUT2D eigenvalue weighted by Gasteiger charge is -2.33. The molecular formula is C14H27N3O. The van der Waals surface area contributed by atoms with Crippen LogP contribution in [0.5, 0.6) is 0 Å². The smallest absolute Gasteiger partial charge is 0.226 e. The fourth-order valence-electron chi connectivity index (χ4n) is 2.97. The molecule has 0 bridgehead atoms. The van der Waals surface area contributed by atoms with Crippen molar-refractivity contribution in [1.29, 1.82) is 0 Å². The Kier molecular flexibility index (Phi) is 4.62. The van der Waals surface area contributed by atoms with Gasteiger partial charge in [0.25, 0.3) is 0 Å². The van der Waals surface area contributed by atoms with Crippen molar-refractivity contribution in [3.63, 3.8) is 0 Å². The molecule has 1 atom stereocenters. The first-order valence-electron chi connectivity index (χ1n) is 7.35. The van der Waals surface area contributed by atoms with Gasteiger partial charge in [-0.3, -0.25) is 9.69 Å². The number of carbonyl (C=O) groups is 1. The highest BCUT2D eigenvalue weighted by molar-refractivity contribution is 5.82. The van der Waals surface area contributed by atoms with Crippen LogP contribution >= 0.6 is 0 Å². The van der Waals surface area contributed by atoms with Crippen molar-refractivity contribution in [2.24, 2.45) is 5.41 Å². The van der Waals surface area contributed by atoms with Crippen molar-refractivity contribution in [2.75, 3.05) is 32.7 Å². The van der Waals surface area contributed by atoms with E-state index < -0.39 is 0 Å². The van der Waals surface area contributed by atoms with Gasteiger partial charge in [-0.15, -0.1) is 0 Å². The summed E-state index contributed by atoms with van der Waals surface area (Å²) < 4.78 is 0. The summed E-state index contributed by atoms with van der Waals surface area (Å²) in [6.07, 6.45) is 4.52. The monoisotopic (exact) mass is 253 g/mol. The number of likely N-dealkylation sites (tertiary alicyclic amines) is 1. The first-order valence-corrected chi connectivity index (χ1v) is 7.35. The predicted molar refractivity (Wildman–Crippen MR) is 73.5 cm³/mol. The van der Waals surface area contributed by atoms with Gasteiger partial charge in [0.1, 0.15) is 0 Å². The fourth-order valence-corrected chi connectivity index (χ4v) is 2.97. The zero-order valence-corrected chi connectivity index (χ0v) is 11.8. The summed E-state index contributed by atoms with van der Waals surface area (Å²) in [6.45, 7) is 9.43. The molecule has 4 heteroatoms. The van der Waals surface area contributed by atoms with E-state index in [-0.39, 0.29) is 11.3 Å². The molecule has 2 fully saturated rings. The highest BCUT2D eigenvalue weighted by atomic mass is 16.2. The van der Waals surface area contributed by atoms with E-state index in [1.54, 1.807) is 0 Å². The summed E-state index contributed by atoms with van der Waals surface area (Å²) in [5, 5.41) is 6.48. The van der Waals surface area contributed by atoms with Gasteiger partial charge in [-0.05, 0) is 58.8 Å². The van der Waals surface area contributed by atoms with E-state index in [4.69, 9.17) is 0 Å². The maximum absolute atomic E-state index is 12.3. The number of hydrogen-bond acceptors (Lipinski definition) is 3. The lowest BCUT2D eigenvalue weighted by molar-refractivity contribution is -0.131. The first kappa shape index (κ1) is 13.8. The summed E-state index contributed by atoms with van der Waals surface area (Å²) in [7, 11) is 0. The van der Waals surface area contributed by atoms with Gasteiger partial charge in [0.05, 0.1) is 0 Å². The third-order valence-electron chi connectivity index (χ3n) is 4.58. The van der Waals surface area contributed by atoms with E-state index in [9.17, 15) is 4.79 Å². The van der Waals surface area contributed by atoms with E-state index in [1.165, 1.54) is 25.9 Å². The normalized spacial score (nSPS) is 25.9. The molecule has 0 spiro atoms. The zero-order valence-electron chi connectivity index (χ0n) is 11.8.